The summed E-state index contributed by atoms with van der Waals surface area (Å²) in [5.41, 5.74) is -0.303. The fourth-order valence-corrected chi connectivity index (χ4v) is 2.48. The van der Waals surface area contributed by atoms with Gasteiger partial charge in [-0.1, -0.05) is 23.2 Å². The first-order valence-electron chi connectivity index (χ1n) is 7.50. The first kappa shape index (κ1) is 19.1. The maximum Gasteiger partial charge on any atom is 0.416 e. The molecule has 1 N–H and O–H groups in total. The Kier molecular flexibility index (Phi) is 5.34. The van der Waals surface area contributed by atoms with E-state index in [9.17, 15) is 18.0 Å². The Labute approximate surface area is 162 Å². The molecule has 27 heavy (non-hydrogen) atoms. The number of hydrogen-bond donors (Lipinski definition) is 1. The smallest absolute Gasteiger partial charge is 0.321 e. The molecule has 0 radical (unpaired) electrons. The monoisotopic (exact) mass is 411 g/mol. The molecule has 0 fully saturated rings. The number of nitrogens with zero attached hydrogens (tertiary/aromatic N) is 2. The van der Waals surface area contributed by atoms with Crippen molar-refractivity contribution in [1.29, 1.82) is 0 Å². The number of carbonyl (C=O) groups is 1. The molecule has 138 valence electrons. The number of aromatic nitrogens is 2. The molecule has 2 aromatic carbocycles. The molecule has 0 atom stereocenters. The quantitative estimate of drug-likeness (QED) is 0.599. The van der Waals surface area contributed by atoms with Crippen LogP contribution in [0.2, 0.25) is 10.0 Å². The number of amides is 1. The summed E-state index contributed by atoms with van der Waals surface area (Å²) in [5, 5.41) is 2.88. The highest BCUT2D eigenvalue weighted by atomic mass is 35.5. The molecule has 0 unspecified atom stereocenters. The molecule has 4 nitrogen and oxygen atoms in total. The minimum absolute atomic E-state index is 0.0185. The summed E-state index contributed by atoms with van der Waals surface area (Å²) < 4.78 is 38.4. The van der Waals surface area contributed by atoms with E-state index in [-0.39, 0.29) is 16.3 Å². The van der Waals surface area contributed by atoms with Gasteiger partial charge in [-0.15, -0.1) is 0 Å². The van der Waals surface area contributed by atoms with Crippen LogP contribution in [0, 0.1) is 0 Å². The van der Waals surface area contributed by atoms with Crippen LogP contribution in [-0.2, 0) is 6.18 Å². The molecule has 3 rings (SSSR count). The summed E-state index contributed by atoms with van der Waals surface area (Å²) in [5.74, 6) is -0.306. The predicted molar refractivity (Wildman–Crippen MR) is 96.9 cm³/mol. The molecule has 0 saturated carbocycles. The minimum Gasteiger partial charge on any atom is -0.321 e. The largest absolute Gasteiger partial charge is 0.416 e. The molecular weight excluding hydrogens is 402 g/mol. The molecule has 3 aromatic rings. The van der Waals surface area contributed by atoms with Crippen molar-refractivity contribution in [3.63, 3.8) is 0 Å². The third kappa shape index (κ3) is 4.56. The van der Waals surface area contributed by atoms with Crippen molar-refractivity contribution >= 4 is 34.8 Å². The number of carbonyl (C=O) groups excluding carboxylic acids is 1. The summed E-state index contributed by atoms with van der Waals surface area (Å²) in [6.45, 7) is 0. The number of alkyl halides is 3. The summed E-state index contributed by atoms with van der Waals surface area (Å²) >= 11 is 11.7. The highest BCUT2D eigenvalue weighted by Crippen LogP contribution is 2.34. The second kappa shape index (κ2) is 7.54. The normalized spacial score (nSPS) is 11.3. The summed E-state index contributed by atoms with van der Waals surface area (Å²) in [4.78, 5) is 20.5. The summed E-state index contributed by atoms with van der Waals surface area (Å²) in [7, 11) is 0. The standard InChI is InChI=1S/C18H10Cl2F3N3O/c19-13-4-1-10(2-5-13)16-24-8-11(9-25-16)17(27)26-15-7-12(18(21,22)23)3-6-14(15)20/h1-9H,(H,26,27). The fourth-order valence-electron chi connectivity index (χ4n) is 2.19. The van der Waals surface area contributed by atoms with Gasteiger partial charge in [0.25, 0.3) is 5.91 Å². The van der Waals surface area contributed by atoms with Crippen molar-refractivity contribution in [3.8, 4) is 11.4 Å². The van der Waals surface area contributed by atoms with Crippen molar-refractivity contribution in [1.82, 2.24) is 9.97 Å². The Balaban J connectivity index is 1.80. The van der Waals surface area contributed by atoms with Crippen LogP contribution in [0.4, 0.5) is 18.9 Å². The van der Waals surface area contributed by atoms with Gasteiger partial charge in [0, 0.05) is 23.0 Å². The molecule has 0 aliphatic carbocycles. The number of halogens is 5. The van der Waals surface area contributed by atoms with Gasteiger partial charge >= 0.3 is 6.18 Å². The predicted octanol–water partition coefficient (Wildman–Crippen LogP) is 5.72. The summed E-state index contributed by atoms with van der Waals surface area (Å²) in [6.07, 6.45) is -2.00. The van der Waals surface area contributed by atoms with Gasteiger partial charge in [0.1, 0.15) is 0 Å². The van der Waals surface area contributed by atoms with Crippen LogP contribution in [0.1, 0.15) is 15.9 Å². The van der Waals surface area contributed by atoms with Crippen molar-refractivity contribution < 1.29 is 18.0 Å². The molecule has 9 heteroatoms. The Morgan fingerprint density at radius 1 is 0.963 bits per heavy atom. The number of benzene rings is 2. The van der Waals surface area contributed by atoms with Gasteiger partial charge < -0.3 is 5.32 Å². The zero-order valence-corrected chi connectivity index (χ0v) is 14.9. The van der Waals surface area contributed by atoms with E-state index in [1.54, 1.807) is 24.3 Å². The van der Waals surface area contributed by atoms with Crippen LogP contribution in [0.3, 0.4) is 0 Å². The van der Waals surface area contributed by atoms with Gasteiger partial charge in [0.2, 0.25) is 0 Å². The van der Waals surface area contributed by atoms with Crippen molar-refractivity contribution in [2.45, 2.75) is 6.18 Å². The number of rotatable bonds is 3. The third-order valence-corrected chi connectivity index (χ3v) is 4.14. The number of hydrogen-bond acceptors (Lipinski definition) is 3. The lowest BCUT2D eigenvalue weighted by molar-refractivity contribution is -0.137. The Bertz CT molecular complexity index is 975. The fraction of sp³-hybridized carbons (Fsp3) is 0.0556. The van der Waals surface area contributed by atoms with Crippen LogP contribution >= 0.6 is 23.2 Å². The maximum atomic E-state index is 12.8. The zero-order chi connectivity index (χ0) is 19.6. The highest BCUT2D eigenvalue weighted by molar-refractivity contribution is 6.34. The lowest BCUT2D eigenvalue weighted by atomic mass is 10.2. The zero-order valence-electron chi connectivity index (χ0n) is 13.4. The topological polar surface area (TPSA) is 54.9 Å². The average molecular weight is 412 g/mol. The van der Waals surface area contributed by atoms with Crippen LogP contribution in [0.5, 0.6) is 0 Å². The van der Waals surface area contributed by atoms with Crippen LogP contribution in [0.25, 0.3) is 11.4 Å². The molecular formula is C18H10Cl2F3N3O. The second-order valence-corrected chi connectivity index (χ2v) is 6.29. The van der Waals surface area contributed by atoms with E-state index in [0.717, 1.165) is 18.2 Å². The first-order valence-corrected chi connectivity index (χ1v) is 8.26. The first-order chi connectivity index (χ1) is 12.7. The van der Waals surface area contributed by atoms with Gasteiger partial charge in [-0.2, -0.15) is 13.2 Å². The Hall–Kier alpha value is -2.64. The van der Waals surface area contributed by atoms with E-state index >= 15 is 0 Å². The molecule has 0 bridgehead atoms. The molecule has 0 aliphatic rings. The lowest BCUT2D eigenvalue weighted by Gasteiger charge is -2.11. The maximum absolute atomic E-state index is 12.8. The van der Waals surface area contributed by atoms with Crippen molar-refractivity contribution in [2.75, 3.05) is 5.32 Å². The van der Waals surface area contributed by atoms with Gasteiger partial charge in [0.05, 0.1) is 21.8 Å². The van der Waals surface area contributed by atoms with E-state index in [2.05, 4.69) is 15.3 Å². The van der Waals surface area contributed by atoms with E-state index in [4.69, 9.17) is 23.2 Å². The van der Waals surface area contributed by atoms with E-state index in [0.29, 0.717) is 16.4 Å². The van der Waals surface area contributed by atoms with Gasteiger partial charge in [-0.25, -0.2) is 9.97 Å². The number of nitrogens with one attached hydrogen (secondary N) is 1. The highest BCUT2D eigenvalue weighted by Gasteiger charge is 2.31. The van der Waals surface area contributed by atoms with Gasteiger partial charge in [-0.05, 0) is 42.5 Å². The molecule has 0 saturated heterocycles. The molecule has 1 amide bonds. The molecule has 0 aliphatic heterocycles. The minimum atomic E-state index is -4.55. The van der Waals surface area contributed by atoms with Crippen molar-refractivity contribution in [2.24, 2.45) is 0 Å². The molecule has 1 aromatic heterocycles. The second-order valence-electron chi connectivity index (χ2n) is 5.45. The van der Waals surface area contributed by atoms with Crippen molar-refractivity contribution in [3.05, 3.63) is 76.0 Å². The SMILES string of the molecule is O=C(Nc1cc(C(F)(F)F)ccc1Cl)c1cnc(-c2ccc(Cl)cc2)nc1. The van der Waals surface area contributed by atoms with E-state index in [1.165, 1.54) is 12.4 Å². The molecule has 0 spiro atoms. The summed E-state index contributed by atoms with van der Waals surface area (Å²) in [6, 6.07) is 9.47. The van der Waals surface area contributed by atoms with Crippen LogP contribution in [0.15, 0.2) is 54.9 Å². The third-order valence-electron chi connectivity index (χ3n) is 3.56. The Morgan fingerprint density at radius 2 is 1.59 bits per heavy atom. The Morgan fingerprint density at radius 3 is 2.19 bits per heavy atom. The molecule has 1 heterocycles. The number of anilines is 1. The van der Waals surface area contributed by atoms with Gasteiger partial charge in [0.15, 0.2) is 5.82 Å². The van der Waals surface area contributed by atoms with Gasteiger partial charge in [-0.3, -0.25) is 4.79 Å². The van der Waals surface area contributed by atoms with Crippen LogP contribution < -0.4 is 5.32 Å². The van der Waals surface area contributed by atoms with Crippen LogP contribution in [-0.4, -0.2) is 15.9 Å². The van der Waals surface area contributed by atoms with E-state index < -0.39 is 17.6 Å². The lowest BCUT2D eigenvalue weighted by Crippen LogP contribution is -2.14. The average Bonchev–Trinajstić information content (AvgIpc) is 2.63. The van der Waals surface area contributed by atoms with E-state index in [1.807, 2.05) is 0 Å².